The van der Waals surface area contributed by atoms with E-state index in [9.17, 15) is 14.9 Å². The van der Waals surface area contributed by atoms with Gasteiger partial charge in [-0.05, 0) is 32.9 Å². The van der Waals surface area contributed by atoms with Gasteiger partial charge >= 0.3 is 5.97 Å². The van der Waals surface area contributed by atoms with E-state index in [1.807, 2.05) is 20.8 Å². The van der Waals surface area contributed by atoms with Crippen LogP contribution < -0.4 is 4.74 Å². The molecule has 7 nitrogen and oxygen atoms in total. The fourth-order valence-corrected chi connectivity index (χ4v) is 1.53. The van der Waals surface area contributed by atoms with Gasteiger partial charge < -0.3 is 14.2 Å². The molecule has 0 aromatic heterocycles. The van der Waals surface area contributed by atoms with Crippen LogP contribution in [0, 0.1) is 10.1 Å². The number of ether oxygens (including phenoxy) is 3. The van der Waals surface area contributed by atoms with Gasteiger partial charge in [-0.2, -0.15) is 0 Å². The highest BCUT2D eigenvalue weighted by atomic mass is 16.6. The quantitative estimate of drug-likeness (QED) is 0.317. The highest BCUT2D eigenvalue weighted by Gasteiger charge is 2.15. The van der Waals surface area contributed by atoms with Crippen molar-refractivity contribution < 1.29 is 23.9 Å². The lowest BCUT2D eigenvalue weighted by atomic mass is 10.2. The average Bonchev–Trinajstić information content (AvgIpc) is 2.41. The highest BCUT2D eigenvalue weighted by Crippen LogP contribution is 2.17. The Labute approximate surface area is 129 Å². The van der Waals surface area contributed by atoms with Crippen LogP contribution in [0.2, 0.25) is 0 Å². The maximum Gasteiger partial charge on any atom is 0.308 e. The number of hydrogen-bond donors (Lipinski definition) is 0. The zero-order chi connectivity index (χ0) is 16.6. The molecule has 7 heteroatoms. The fourth-order valence-electron chi connectivity index (χ4n) is 1.53. The number of carbonyl (C=O) groups excluding carboxylic acids is 1. The van der Waals surface area contributed by atoms with Crippen LogP contribution >= 0.6 is 0 Å². The molecule has 0 aliphatic heterocycles. The molecule has 22 heavy (non-hydrogen) atoms. The summed E-state index contributed by atoms with van der Waals surface area (Å²) in [6.45, 7) is 6.31. The number of esters is 1. The third-order valence-electron chi connectivity index (χ3n) is 2.41. The van der Waals surface area contributed by atoms with Gasteiger partial charge in [0.15, 0.2) is 0 Å². The lowest BCUT2D eigenvalue weighted by Gasteiger charge is -2.19. The van der Waals surface area contributed by atoms with Gasteiger partial charge in [0.05, 0.1) is 24.6 Å². The normalized spacial score (nSPS) is 11.0. The number of nitrogens with zero attached hydrogens (tertiary/aromatic N) is 1. The van der Waals surface area contributed by atoms with Crippen LogP contribution in [0.4, 0.5) is 5.69 Å². The molecule has 0 fully saturated rings. The minimum atomic E-state index is -0.490. The lowest BCUT2D eigenvalue weighted by Crippen LogP contribution is -2.24. The van der Waals surface area contributed by atoms with Crippen LogP contribution in [-0.4, -0.2) is 36.3 Å². The summed E-state index contributed by atoms with van der Waals surface area (Å²) < 4.78 is 15.8. The Balaban J connectivity index is 2.13. The summed E-state index contributed by atoms with van der Waals surface area (Å²) >= 11 is 0. The molecule has 122 valence electrons. The van der Waals surface area contributed by atoms with E-state index in [4.69, 9.17) is 14.2 Å². The third-order valence-corrected chi connectivity index (χ3v) is 2.41. The van der Waals surface area contributed by atoms with E-state index >= 15 is 0 Å². The first kappa shape index (κ1) is 17.9. The molecule has 1 rings (SSSR count). The molecule has 0 atom stereocenters. The molecule has 0 bridgehead atoms. The molecule has 0 aliphatic rings. The van der Waals surface area contributed by atoms with Gasteiger partial charge in [0.25, 0.3) is 5.69 Å². The first-order chi connectivity index (χ1) is 10.3. The van der Waals surface area contributed by atoms with E-state index in [2.05, 4.69) is 0 Å². The van der Waals surface area contributed by atoms with Crippen LogP contribution in [0.3, 0.4) is 0 Å². The summed E-state index contributed by atoms with van der Waals surface area (Å²) in [5, 5.41) is 10.5. The Bertz CT molecular complexity index is 492. The number of rotatable bonds is 8. The Morgan fingerprint density at radius 1 is 1.14 bits per heavy atom. The van der Waals surface area contributed by atoms with Crippen LogP contribution in [-0.2, 0) is 14.3 Å². The van der Waals surface area contributed by atoms with E-state index < -0.39 is 10.5 Å². The highest BCUT2D eigenvalue weighted by molar-refractivity contribution is 5.69. The second-order valence-electron chi connectivity index (χ2n) is 5.55. The Morgan fingerprint density at radius 3 is 2.32 bits per heavy atom. The fraction of sp³-hybridized carbons (Fsp3) is 0.533. The van der Waals surface area contributed by atoms with Crippen LogP contribution in [0.15, 0.2) is 24.3 Å². The summed E-state index contributed by atoms with van der Waals surface area (Å²) in [4.78, 5) is 21.4. The predicted octanol–water partition coefficient (Wildman–Crippen LogP) is 2.72. The topological polar surface area (TPSA) is 87.9 Å². The molecule has 0 spiro atoms. The van der Waals surface area contributed by atoms with Crippen molar-refractivity contribution in [2.75, 3.05) is 19.8 Å². The van der Waals surface area contributed by atoms with Crippen LogP contribution in [0.5, 0.6) is 5.75 Å². The standard InChI is InChI=1S/C15H21NO6/c1-15(2,3)22-14(17)8-9-20-10-11-21-13-6-4-12(5-7-13)16(18)19/h4-7H,8-11H2,1-3H3. The number of nitro benzene ring substituents is 1. The van der Waals surface area contributed by atoms with Crippen molar-refractivity contribution in [3.05, 3.63) is 34.4 Å². The molecular weight excluding hydrogens is 290 g/mol. The Kier molecular flexibility index (Phi) is 6.78. The Hall–Kier alpha value is -2.15. The molecule has 1 aromatic rings. The van der Waals surface area contributed by atoms with Gasteiger partial charge in [-0.15, -0.1) is 0 Å². The van der Waals surface area contributed by atoms with Gasteiger partial charge in [-0.25, -0.2) is 0 Å². The first-order valence-corrected chi connectivity index (χ1v) is 6.95. The molecular formula is C15H21NO6. The Morgan fingerprint density at radius 2 is 1.77 bits per heavy atom. The van der Waals surface area contributed by atoms with Crippen LogP contribution in [0.1, 0.15) is 27.2 Å². The zero-order valence-electron chi connectivity index (χ0n) is 13.0. The van der Waals surface area contributed by atoms with E-state index in [-0.39, 0.29) is 24.7 Å². The molecule has 0 heterocycles. The second kappa shape index (κ2) is 8.33. The summed E-state index contributed by atoms with van der Waals surface area (Å²) in [6.07, 6.45) is 0.189. The first-order valence-electron chi connectivity index (χ1n) is 6.95. The van der Waals surface area contributed by atoms with E-state index in [0.29, 0.717) is 19.0 Å². The van der Waals surface area contributed by atoms with Crippen molar-refractivity contribution in [1.29, 1.82) is 0 Å². The molecule has 0 amide bonds. The molecule has 0 unspecified atom stereocenters. The summed E-state index contributed by atoms with van der Waals surface area (Å²) in [5.41, 5.74) is -0.475. The smallest absolute Gasteiger partial charge is 0.308 e. The number of carbonyl (C=O) groups is 1. The van der Waals surface area contributed by atoms with Gasteiger partial charge in [-0.1, -0.05) is 0 Å². The molecule has 1 aromatic carbocycles. The van der Waals surface area contributed by atoms with E-state index in [1.54, 1.807) is 0 Å². The number of nitro groups is 1. The van der Waals surface area contributed by atoms with Gasteiger partial charge in [0.2, 0.25) is 0 Å². The van der Waals surface area contributed by atoms with Crippen molar-refractivity contribution in [3.8, 4) is 5.75 Å². The largest absolute Gasteiger partial charge is 0.491 e. The minimum absolute atomic E-state index is 0.0148. The SMILES string of the molecule is CC(C)(C)OC(=O)CCOCCOc1ccc([N+](=O)[O-])cc1. The van der Waals surface area contributed by atoms with Crippen molar-refractivity contribution in [2.24, 2.45) is 0 Å². The van der Waals surface area contributed by atoms with Gasteiger partial charge in [-0.3, -0.25) is 14.9 Å². The zero-order valence-corrected chi connectivity index (χ0v) is 13.0. The summed E-state index contributed by atoms with van der Waals surface area (Å²) in [7, 11) is 0. The maximum absolute atomic E-state index is 11.4. The van der Waals surface area contributed by atoms with Crippen molar-refractivity contribution >= 4 is 11.7 Å². The lowest BCUT2D eigenvalue weighted by molar-refractivity contribution is -0.384. The molecule has 0 saturated carbocycles. The average molecular weight is 311 g/mol. The number of benzene rings is 1. The molecule has 0 N–H and O–H groups in total. The molecule has 0 aliphatic carbocycles. The second-order valence-corrected chi connectivity index (χ2v) is 5.55. The van der Waals surface area contributed by atoms with Gasteiger partial charge in [0, 0.05) is 12.1 Å². The summed E-state index contributed by atoms with van der Waals surface area (Å²) in [5.74, 6) is 0.227. The third kappa shape index (κ3) is 7.58. The van der Waals surface area contributed by atoms with Crippen molar-refractivity contribution in [1.82, 2.24) is 0 Å². The maximum atomic E-state index is 11.4. The van der Waals surface area contributed by atoms with Gasteiger partial charge in [0.1, 0.15) is 18.0 Å². The van der Waals surface area contributed by atoms with Crippen molar-refractivity contribution in [2.45, 2.75) is 32.8 Å². The monoisotopic (exact) mass is 311 g/mol. The van der Waals surface area contributed by atoms with E-state index in [0.717, 1.165) is 0 Å². The summed E-state index contributed by atoms with van der Waals surface area (Å²) in [6, 6.07) is 5.80. The number of hydrogen-bond acceptors (Lipinski definition) is 6. The van der Waals surface area contributed by atoms with E-state index in [1.165, 1.54) is 24.3 Å². The van der Waals surface area contributed by atoms with Crippen molar-refractivity contribution in [3.63, 3.8) is 0 Å². The predicted molar refractivity (Wildman–Crippen MR) is 79.9 cm³/mol. The van der Waals surface area contributed by atoms with Crippen LogP contribution in [0.25, 0.3) is 0 Å². The molecule has 0 saturated heterocycles. The molecule has 0 radical (unpaired) electrons. The number of non-ortho nitro benzene ring substituents is 1. The minimum Gasteiger partial charge on any atom is -0.491 e.